The molecule has 0 radical (unpaired) electrons. The summed E-state index contributed by atoms with van der Waals surface area (Å²) >= 11 is 0. The molecule has 1 heterocycles. The van der Waals surface area contributed by atoms with Crippen LogP contribution in [0.4, 0.5) is 0 Å². The number of hydrogen-bond donors (Lipinski definition) is 1. The molecule has 9 heavy (non-hydrogen) atoms. The van der Waals surface area contributed by atoms with Gasteiger partial charge in [-0.3, -0.25) is 10.3 Å². The van der Waals surface area contributed by atoms with Gasteiger partial charge in [-0.1, -0.05) is 6.92 Å². The molecule has 0 aromatic rings. The lowest BCUT2D eigenvalue weighted by Crippen LogP contribution is -2.23. The highest BCUT2D eigenvalue weighted by molar-refractivity contribution is 5.50. The van der Waals surface area contributed by atoms with Crippen LogP contribution >= 0.6 is 0 Å². The van der Waals surface area contributed by atoms with Crippen LogP contribution in [0.15, 0.2) is 0 Å². The maximum atomic E-state index is 6.94. The number of likely N-dealkylation sites (N-methyl/N-ethyl adjacent to an activating group) is 1. The van der Waals surface area contributed by atoms with Gasteiger partial charge < -0.3 is 4.90 Å². The largest absolute Gasteiger partial charge is 0.349 e. The molecule has 0 amide bonds. The van der Waals surface area contributed by atoms with E-state index in [1.807, 2.05) is 4.90 Å². The molecule has 0 saturated carbocycles. The summed E-state index contributed by atoms with van der Waals surface area (Å²) in [5, 5.41) is 6.94. The third kappa shape index (κ3) is 1.42. The van der Waals surface area contributed by atoms with Gasteiger partial charge in [0.15, 0.2) is 0 Å². The summed E-state index contributed by atoms with van der Waals surface area (Å²) in [7, 11) is 0. The highest BCUT2D eigenvalue weighted by Gasteiger charge is 2.14. The molecule has 0 bridgehead atoms. The smallest absolute Gasteiger partial charge is 0.0828 e. The Morgan fingerprint density at radius 3 is 2.67 bits per heavy atom. The molecule has 0 unspecified atom stereocenters. The first-order valence-corrected chi connectivity index (χ1v) is 3.34. The molecule has 1 rings (SSSR count). The first-order valence-electron chi connectivity index (χ1n) is 3.34. The molecule has 1 saturated heterocycles. The van der Waals surface area contributed by atoms with Crippen molar-refractivity contribution in [2.45, 2.75) is 6.92 Å². The predicted molar refractivity (Wildman–Crippen MR) is 37.6 cm³/mol. The molecule has 0 spiro atoms. The molecule has 52 valence electrons. The molecule has 0 atom stereocenters. The predicted octanol–water partition coefficient (Wildman–Crippen LogP) is 0.188. The number of nitrogens with zero attached hydrogens (tertiary/aromatic N) is 2. The maximum Gasteiger partial charge on any atom is 0.0828 e. The maximum absolute atomic E-state index is 6.94. The number of nitrogens with one attached hydrogen (secondary N) is 1. The summed E-state index contributed by atoms with van der Waals surface area (Å²) in [6.45, 7) is 6.33. The van der Waals surface area contributed by atoms with Crippen molar-refractivity contribution >= 4 is 6.34 Å². The lowest BCUT2D eigenvalue weighted by atomic mass is 10.6. The van der Waals surface area contributed by atoms with E-state index in [1.165, 1.54) is 6.34 Å². The van der Waals surface area contributed by atoms with Crippen molar-refractivity contribution in [1.82, 2.24) is 9.80 Å². The number of hydrogen-bond acceptors (Lipinski definition) is 2. The van der Waals surface area contributed by atoms with Crippen LogP contribution in [0, 0.1) is 5.41 Å². The molecule has 1 fully saturated rings. The van der Waals surface area contributed by atoms with Gasteiger partial charge in [-0.2, -0.15) is 0 Å². The zero-order valence-corrected chi connectivity index (χ0v) is 5.80. The lowest BCUT2D eigenvalue weighted by molar-refractivity contribution is 0.318. The van der Waals surface area contributed by atoms with E-state index in [0.717, 1.165) is 26.3 Å². The SMILES string of the molecule is CCN1CCN(C=N)C1. The molecule has 0 aromatic heterocycles. The van der Waals surface area contributed by atoms with E-state index in [4.69, 9.17) is 5.41 Å². The normalized spacial score (nSPS) is 20.8. The van der Waals surface area contributed by atoms with Gasteiger partial charge in [0.2, 0.25) is 0 Å². The van der Waals surface area contributed by atoms with Gasteiger partial charge in [-0.15, -0.1) is 0 Å². The average molecular weight is 127 g/mol. The van der Waals surface area contributed by atoms with E-state index in [0.29, 0.717) is 0 Å². The van der Waals surface area contributed by atoms with Gasteiger partial charge in [0.05, 0.1) is 13.0 Å². The van der Waals surface area contributed by atoms with Crippen molar-refractivity contribution in [3.8, 4) is 0 Å². The van der Waals surface area contributed by atoms with E-state index in [2.05, 4.69) is 11.8 Å². The van der Waals surface area contributed by atoms with Crippen LogP contribution in [-0.4, -0.2) is 42.4 Å². The second-order valence-corrected chi connectivity index (χ2v) is 2.29. The Bertz CT molecular complexity index is 102. The second kappa shape index (κ2) is 2.82. The zero-order chi connectivity index (χ0) is 6.69. The summed E-state index contributed by atoms with van der Waals surface area (Å²) < 4.78 is 0. The lowest BCUT2D eigenvalue weighted by Gasteiger charge is -2.12. The topological polar surface area (TPSA) is 30.3 Å². The third-order valence-electron chi connectivity index (χ3n) is 1.71. The second-order valence-electron chi connectivity index (χ2n) is 2.29. The van der Waals surface area contributed by atoms with Crippen LogP contribution in [0.5, 0.6) is 0 Å². The summed E-state index contributed by atoms with van der Waals surface area (Å²) in [6.07, 6.45) is 1.41. The summed E-state index contributed by atoms with van der Waals surface area (Å²) in [6, 6.07) is 0. The highest BCUT2D eigenvalue weighted by atomic mass is 15.4. The first-order chi connectivity index (χ1) is 4.36. The molecule has 1 aliphatic heterocycles. The van der Waals surface area contributed by atoms with E-state index in [-0.39, 0.29) is 0 Å². The van der Waals surface area contributed by atoms with Gasteiger partial charge in [0.25, 0.3) is 0 Å². The fourth-order valence-electron chi connectivity index (χ4n) is 1.03. The van der Waals surface area contributed by atoms with Gasteiger partial charge in [0.1, 0.15) is 0 Å². The minimum absolute atomic E-state index is 0.944. The van der Waals surface area contributed by atoms with E-state index >= 15 is 0 Å². The van der Waals surface area contributed by atoms with E-state index in [1.54, 1.807) is 0 Å². The van der Waals surface area contributed by atoms with Crippen LogP contribution in [-0.2, 0) is 0 Å². The number of rotatable bonds is 2. The monoisotopic (exact) mass is 127 g/mol. The minimum atomic E-state index is 0.944. The standard InChI is InChI=1S/C6H13N3/c1-2-8-3-4-9(5-7)6-8/h5,7H,2-4,6H2,1H3. The Morgan fingerprint density at radius 1 is 1.56 bits per heavy atom. The van der Waals surface area contributed by atoms with Crippen molar-refractivity contribution in [3.05, 3.63) is 0 Å². The third-order valence-corrected chi connectivity index (χ3v) is 1.71. The molecule has 0 aliphatic carbocycles. The van der Waals surface area contributed by atoms with Gasteiger partial charge in [0, 0.05) is 13.1 Å². The molecule has 1 N–H and O–H groups in total. The van der Waals surface area contributed by atoms with Crippen molar-refractivity contribution in [1.29, 1.82) is 5.41 Å². The molecular weight excluding hydrogens is 114 g/mol. The summed E-state index contributed by atoms with van der Waals surface area (Å²) in [5.41, 5.74) is 0. The van der Waals surface area contributed by atoms with Crippen molar-refractivity contribution in [2.24, 2.45) is 0 Å². The van der Waals surface area contributed by atoms with Crippen LogP contribution < -0.4 is 0 Å². The molecule has 3 heteroatoms. The summed E-state index contributed by atoms with van der Waals surface area (Å²) in [5.74, 6) is 0. The highest BCUT2D eigenvalue weighted by Crippen LogP contribution is 1.99. The van der Waals surface area contributed by atoms with Gasteiger partial charge in [-0.05, 0) is 6.54 Å². The van der Waals surface area contributed by atoms with Crippen molar-refractivity contribution in [2.75, 3.05) is 26.3 Å². The van der Waals surface area contributed by atoms with E-state index in [9.17, 15) is 0 Å². The van der Waals surface area contributed by atoms with E-state index < -0.39 is 0 Å². The average Bonchev–Trinajstić information content (AvgIpc) is 2.34. The van der Waals surface area contributed by atoms with Gasteiger partial charge >= 0.3 is 0 Å². The Balaban J connectivity index is 2.28. The fraction of sp³-hybridized carbons (Fsp3) is 0.833. The summed E-state index contributed by atoms with van der Waals surface area (Å²) in [4.78, 5) is 4.31. The quantitative estimate of drug-likeness (QED) is 0.424. The Hall–Kier alpha value is -0.570. The first kappa shape index (κ1) is 6.55. The molecule has 1 aliphatic rings. The van der Waals surface area contributed by atoms with Gasteiger partial charge in [-0.25, -0.2) is 0 Å². The van der Waals surface area contributed by atoms with Crippen LogP contribution in [0.3, 0.4) is 0 Å². The zero-order valence-electron chi connectivity index (χ0n) is 5.80. The molecule has 3 nitrogen and oxygen atoms in total. The Kier molecular flexibility index (Phi) is 2.05. The van der Waals surface area contributed by atoms with Crippen LogP contribution in [0.2, 0.25) is 0 Å². The van der Waals surface area contributed by atoms with Crippen LogP contribution in [0.1, 0.15) is 6.92 Å². The fourth-order valence-corrected chi connectivity index (χ4v) is 1.03. The van der Waals surface area contributed by atoms with Crippen molar-refractivity contribution in [3.63, 3.8) is 0 Å². The molecule has 0 aromatic carbocycles. The van der Waals surface area contributed by atoms with Crippen LogP contribution in [0.25, 0.3) is 0 Å². The molecular formula is C6H13N3. The minimum Gasteiger partial charge on any atom is -0.349 e. The van der Waals surface area contributed by atoms with Crippen molar-refractivity contribution < 1.29 is 0 Å². The Labute approximate surface area is 55.8 Å². The Morgan fingerprint density at radius 2 is 2.33 bits per heavy atom.